The molecule has 2 fully saturated rings. The fourth-order valence-corrected chi connectivity index (χ4v) is 4.46. The summed E-state index contributed by atoms with van der Waals surface area (Å²) in [6.07, 6.45) is 4.08. The van der Waals surface area contributed by atoms with E-state index in [9.17, 15) is 0 Å². The van der Waals surface area contributed by atoms with Gasteiger partial charge in [-0.2, -0.15) is 4.37 Å². The van der Waals surface area contributed by atoms with Gasteiger partial charge in [0.15, 0.2) is 0 Å². The summed E-state index contributed by atoms with van der Waals surface area (Å²) in [7, 11) is 0. The van der Waals surface area contributed by atoms with Crippen LogP contribution >= 0.6 is 11.5 Å². The summed E-state index contributed by atoms with van der Waals surface area (Å²) in [5.41, 5.74) is 8.44. The van der Waals surface area contributed by atoms with Crippen LogP contribution in [0.1, 0.15) is 19.3 Å². The summed E-state index contributed by atoms with van der Waals surface area (Å²) in [4.78, 5) is 2.55. The minimum absolute atomic E-state index is 0.675. The van der Waals surface area contributed by atoms with Crippen LogP contribution in [0.4, 0.5) is 10.8 Å². The molecular weight excluding hydrogens is 254 g/mol. The van der Waals surface area contributed by atoms with Crippen LogP contribution in [0.25, 0.3) is 11.1 Å². The van der Waals surface area contributed by atoms with Crippen molar-refractivity contribution in [3.8, 4) is 11.1 Å². The molecule has 0 radical (unpaired) electrons. The number of nitrogens with zero attached hydrogens (tertiary/aromatic N) is 2. The van der Waals surface area contributed by atoms with Crippen molar-refractivity contribution in [1.29, 1.82) is 0 Å². The number of nitrogen functional groups attached to an aromatic ring is 1. The van der Waals surface area contributed by atoms with Crippen molar-refractivity contribution in [2.45, 2.75) is 25.3 Å². The molecule has 4 rings (SSSR count). The third-order valence-electron chi connectivity index (χ3n) is 4.43. The molecular formula is C15H17N3S. The van der Waals surface area contributed by atoms with E-state index in [4.69, 9.17) is 5.73 Å². The molecule has 1 aliphatic heterocycles. The van der Waals surface area contributed by atoms with E-state index in [0.717, 1.165) is 11.5 Å². The van der Waals surface area contributed by atoms with Gasteiger partial charge < -0.3 is 10.6 Å². The summed E-state index contributed by atoms with van der Waals surface area (Å²) in [6.45, 7) is 1.19. The van der Waals surface area contributed by atoms with Crippen LogP contribution < -0.4 is 10.6 Å². The fourth-order valence-electron chi connectivity index (χ4n) is 3.54. The first-order chi connectivity index (χ1) is 9.33. The van der Waals surface area contributed by atoms with E-state index in [1.165, 1.54) is 36.4 Å². The molecule has 0 spiro atoms. The zero-order valence-electron chi connectivity index (χ0n) is 10.7. The number of nitrogens with two attached hydrogens (primary N) is 1. The molecule has 19 heavy (non-hydrogen) atoms. The van der Waals surface area contributed by atoms with Crippen molar-refractivity contribution in [2.24, 2.45) is 5.92 Å². The van der Waals surface area contributed by atoms with Gasteiger partial charge in [0, 0.05) is 12.6 Å². The minimum atomic E-state index is 0.675. The second-order valence-electron chi connectivity index (χ2n) is 5.60. The third-order valence-corrected chi connectivity index (χ3v) is 5.33. The Morgan fingerprint density at radius 3 is 2.74 bits per heavy atom. The average molecular weight is 271 g/mol. The topological polar surface area (TPSA) is 42.1 Å². The number of fused-ring (bicyclic) bond motifs is 2. The summed E-state index contributed by atoms with van der Waals surface area (Å²) in [5.74, 6) is 1.56. The first-order valence-corrected chi connectivity index (χ1v) is 7.67. The molecule has 2 heterocycles. The maximum atomic E-state index is 6.11. The number of hydrogen-bond acceptors (Lipinski definition) is 4. The second kappa shape index (κ2) is 4.23. The summed E-state index contributed by atoms with van der Waals surface area (Å²) >= 11 is 1.56. The highest BCUT2D eigenvalue weighted by atomic mass is 32.1. The smallest absolute Gasteiger partial charge is 0.147 e. The second-order valence-corrected chi connectivity index (χ2v) is 6.35. The Morgan fingerprint density at radius 2 is 2.05 bits per heavy atom. The van der Waals surface area contributed by atoms with Gasteiger partial charge in [0.25, 0.3) is 0 Å². The molecule has 1 aromatic carbocycles. The number of anilines is 2. The Hall–Kier alpha value is -1.55. The third kappa shape index (κ3) is 1.74. The number of rotatable bonds is 2. The maximum absolute atomic E-state index is 6.11. The highest BCUT2D eigenvalue weighted by Crippen LogP contribution is 2.47. The summed E-state index contributed by atoms with van der Waals surface area (Å²) in [5, 5.41) is 1.27. The first kappa shape index (κ1) is 11.3. The number of aromatic nitrogens is 1. The van der Waals surface area contributed by atoms with Crippen molar-refractivity contribution in [3.05, 3.63) is 30.3 Å². The Balaban J connectivity index is 1.78. The van der Waals surface area contributed by atoms with Gasteiger partial charge in [0.1, 0.15) is 10.8 Å². The molecule has 1 saturated carbocycles. The van der Waals surface area contributed by atoms with Gasteiger partial charge in [-0.1, -0.05) is 30.3 Å². The van der Waals surface area contributed by atoms with Gasteiger partial charge in [0.05, 0.1) is 5.56 Å². The lowest BCUT2D eigenvalue weighted by molar-refractivity contribution is 0.556. The lowest BCUT2D eigenvalue weighted by Gasteiger charge is -2.28. The van der Waals surface area contributed by atoms with Gasteiger partial charge in [-0.3, -0.25) is 0 Å². The van der Waals surface area contributed by atoms with Crippen molar-refractivity contribution in [3.63, 3.8) is 0 Å². The number of hydrogen-bond donors (Lipinski definition) is 1. The van der Waals surface area contributed by atoms with Gasteiger partial charge >= 0.3 is 0 Å². The summed E-state index contributed by atoms with van der Waals surface area (Å²) < 4.78 is 4.40. The first-order valence-electron chi connectivity index (χ1n) is 6.90. The highest BCUT2D eigenvalue weighted by molar-refractivity contribution is 7.11. The molecule has 2 bridgehead atoms. The van der Waals surface area contributed by atoms with Crippen LogP contribution in [-0.4, -0.2) is 17.0 Å². The molecule has 1 aromatic heterocycles. The Labute approximate surface area is 117 Å². The molecule has 1 aliphatic carbocycles. The summed E-state index contributed by atoms with van der Waals surface area (Å²) in [6, 6.07) is 11.1. The van der Waals surface area contributed by atoms with Crippen LogP contribution in [0.3, 0.4) is 0 Å². The predicted molar refractivity (Wildman–Crippen MR) is 80.4 cm³/mol. The fraction of sp³-hybridized carbons (Fsp3) is 0.400. The number of piperidine rings is 1. The van der Waals surface area contributed by atoms with E-state index < -0.39 is 0 Å². The van der Waals surface area contributed by atoms with E-state index in [-0.39, 0.29) is 0 Å². The van der Waals surface area contributed by atoms with E-state index in [1.54, 1.807) is 11.5 Å². The van der Waals surface area contributed by atoms with E-state index in [2.05, 4.69) is 33.5 Å². The predicted octanol–water partition coefficient (Wildman–Crippen LogP) is 3.38. The van der Waals surface area contributed by atoms with Crippen molar-refractivity contribution in [1.82, 2.24) is 4.37 Å². The quantitative estimate of drug-likeness (QED) is 0.910. The van der Waals surface area contributed by atoms with Crippen LogP contribution in [0.5, 0.6) is 0 Å². The molecule has 2 aliphatic rings. The number of benzene rings is 1. The van der Waals surface area contributed by atoms with Crippen LogP contribution in [0, 0.1) is 5.92 Å². The van der Waals surface area contributed by atoms with Crippen LogP contribution in [-0.2, 0) is 0 Å². The highest BCUT2D eigenvalue weighted by Gasteiger charge is 2.39. The van der Waals surface area contributed by atoms with Crippen molar-refractivity contribution >= 4 is 22.4 Å². The van der Waals surface area contributed by atoms with E-state index in [0.29, 0.717) is 11.9 Å². The van der Waals surface area contributed by atoms with Crippen LogP contribution in [0.2, 0.25) is 0 Å². The molecule has 2 aromatic rings. The van der Waals surface area contributed by atoms with Crippen LogP contribution in [0.15, 0.2) is 30.3 Å². The van der Waals surface area contributed by atoms with Gasteiger partial charge in [0.2, 0.25) is 0 Å². The lowest BCUT2D eigenvalue weighted by Crippen LogP contribution is -2.31. The standard InChI is InChI=1S/C15H17N3S/c16-14-13(11-4-2-1-3-5-11)15(19-17-14)18-9-10-6-7-12(18)8-10/h1-5,10,12H,6-9H2,(H2,16,17). The zero-order valence-corrected chi connectivity index (χ0v) is 11.6. The molecule has 2 unspecified atom stereocenters. The average Bonchev–Trinajstić information content (AvgIpc) is 3.14. The van der Waals surface area contributed by atoms with Gasteiger partial charge in [-0.25, -0.2) is 0 Å². The van der Waals surface area contributed by atoms with Crippen molar-refractivity contribution < 1.29 is 0 Å². The molecule has 98 valence electrons. The monoisotopic (exact) mass is 271 g/mol. The molecule has 4 heteroatoms. The Bertz CT molecular complexity index is 593. The largest absolute Gasteiger partial charge is 0.382 e. The van der Waals surface area contributed by atoms with Crippen molar-refractivity contribution in [2.75, 3.05) is 17.2 Å². The molecule has 0 amide bonds. The van der Waals surface area contributed by atoms with E-state index in [1.807, 2.05) is 6.07 Å². The SMILES string of the molecule is Nc1nsc(N2CC3CCC2C3)c1-c1ccccc1. The normalized spacial score (nSPS) is 25.2. The van der Waals surface area contributed by atoms with E-state index >= 15 is 0 Å². The molecule has 1 saturated heterocycles. The Kier molecular flexibility index (Phi) is 2.52. The molecule has 2 atom stereocenters. The Morgan fingerprint density at radius 1 is 1.21 bits per heavy atom. The molecule has 2 N–H and O–H groups in total. The maximum Gasteiger partial charge on any atom is 0.147 e. The zero-order chi connectivity index (χ0) is 12.8. The van der Waals surface area contributed by atoms with Gasteiger partial charge in [-0.15, -0.1) is 0 Å². The minimum Gasteiger partial charge on any atom is -0.382 e. The lowest BCUT2D eigenvalue weighted by atomic mass is 10.1. The molecule has 3 nitrogen and oxygen atoms in total. The van der Waals surface area contributed by atoms with Gasteiger partial charge in [-0.05, 0) is 42.3 Å².